The van der Waals surface area contributed by atoms with E-state index in [9.17, 15) is 14.7 Å². The van der Waals surface area contributed by atoms with Gasteiger partial charge in [-0.3, -0.25) is 9.69 Å². The van der Waals surface area contributed by atoms with E-state index in [4.69, 9.17) is 18.9 Å². The Morgan fingerprint density at radius 3 is 2.35 bits per heavy atom. The Kier molecular flexibility index (Phi) is 10.5. The van der Waals surface area contributed by atoms with Crippen molar-refractivity contribution in [2.45, 2.75) is 39.0 Å². The third kappa shape index (κ3) is 8.62. The molecule has 3 atom stereocenters. The summed E-state index contributed by atoms with van der Waals surface area (Å²) in [4.78, 5) is 30.5. The maximum atomic E-state index is 13.6. The van der Waals surface area contributed by atoms with Crippen LogP contribution in [0.2, 0.25) is 0 Å². The lowest BCUT2D eigenvalue weighted by molar-refractivity contribution is -0.134. The predicted molar refractivity (Wildman–Crippen MR) is 186 cm³/mol. The molecule has 2 aliphatic heterocycles. The van der Waals surface area contributed by atoms with E-state index < -0.39 is 6.03 Å². The average Bonchev–Trinajstić information content (AvgIpc) is 3.57. The molecule has 6 rings (SSSR count). The van der Waals surface area contributed by atoms with E-state index in [0.717, 1.165) is 17.1 Å². The predicted octanol–water partition coefficient (Wildman–Crippen LogP) is 6.13. The molecule has 0 aliphatic carbocycles. The Morgan fingerprint density at radius 2 is 1.61 bits per heavy atom. The first kappa shape index (κ1) is 33.6. The number of ether oxygens (including phenoxy) is 4. The van der Waals surface area contributed by atoms with Gasteiger partial charge in [0.05, 0.1) is 19.1 Å². The highest BCUT2D eigenvalue weighted by molar-refractivity contribution is 6.00. The molecule has 49 heavy (non-hydrogen) atoms. The quantitative estimate of drug-likeness (QED) is 0.185. The van der Waals surface area contributed by atoms with Crippen LogP contribution in [0.15, 0.2) is 91.0 Å². The number of fused-ring (bicyclic) bond motifs is 2. The summed E-state index contributed by atoms with van der Waals surface area (Å²) in [6.07, 6.45) is -0.206. The molecule has 2 heterocycles. The van der Waals surface area contributed by atoms with E-state index in [1.54, 1.807) is 41.3 Å². The smallest absolute Gasteiger partial charge is 0.323 e. The summed E-state index contributed by atoms with van der Waals surface area (Å²) in [5, 5.41) is 15.7. The number of aliphatic hydroxyl groups is 1. The minimum Gasteiger partial charge on any atom is -0.488 e. The van der Waals surface area contributed by atoms with Gasteiger partial charge < -0.3 is 39.6 Å². The fourth-order valence-corrected chi connectivity index (χ4v) is 5.96. The van der Waals surface area contributed by atoms with Crippen LogP contribution in [0.4, 0.5) is 16.2 Å². The van der Waals surface area contributed by atoms with Crippen LogP contribution in [0.3, 0.4) is 0 Å². The molecule has 3 amide bonds. The SMILES string of the molecule is C[C@@H]1CN([C@@H](C)CO)C(=O)Cc2cc(NC(=O)Nc3ccc4c(c3)OCO4)ccc2O[C@@H]1CN(C)Cc1ccc(Oc2ccccc2)cc1. The number of carbonyl (C=O) groups excluding carboxylic acids is 2. The minimum atomic E-state index is -0.447. The van der Waals surface area contributed by atoms with Gasteiger partial charge in [-0.15, -0.1) is 0 Å². The van der Waals surface area contributed by atoms with Crippen LogP contribution in [0.25, 0.3) is 0 Å². The summed E-state index contributed by atoms with van der Waals surface area (Å²) in [7, 11) is 2.04. The highest BCUT2D eigenvalue weighted by Crippen LogP contribution is 2.34. The van der Waals surface area contributed by atoms with Gasteiger partial charge in [0.1, 0.15) is 23.4 Å². The zero-order chi connectivity index (χ0) is 34.3. The van der Waals surface area contributed by atoms with Gasteiger partial charge in [0.2, 0.25) is 12.7 Å². The normalized spacial score (nSPS) is 17.7. The number of benzene rings is 4. The van der Waals surface area contributed by atoms with E-state index in [1.807, 2.05) is 56.4 Å². The molecule has 11 nitrogen and oxygen atoms in total. The number of para-hydroxylation sites is 1. The standard InChI is InChI=1S/C38H42N4O7/c1-25-20-42(26(2)23-43)37(44)18-28-17-29(39-38(45)40-30-12-16-34-35(19-30)47-24-46-34)11-15-33(28)49-36(25)22-41(3)21-27-9-13-32(14-10-27)48-31-7-5-4-6-8-31/h4-17,19,25-26,36,43H,18,20-24H2,1-3H3,(H2,39,40,45)/t25-,26+,36-/m1/s1. The molecule has 0 aromatic heterocycles. The minimum absolute atomic E-state index is 0.0433. The highest BCUT2D eigenvalue weighted by atomic mass is 16.7. The van der Waals surface area contributed by atoms with Crippen LogP contribution in [0.5, 0.6) is 28.7 Å². The number of hydrogen-bond donors (Lipinski definition) is 3. The van der Waals surface area contributed by atoms with E-state index in [2.05, 4.69) is 34.6 Å². The van der Waals surface area contributed by atoms with E-state index in [1.165, 1.54) is 0 Å². The number of rotatable bonds is 10. The van der Waals surface area contributed by atoms with Gasteiger partial charge in [0.15, 0.2) is 11.5 Å². The molecular weight excluding hydrogens is 624 g/mol. The second-order valence-corrected chi connectivity index (χ2v) is 12.6. The highest BCUT2D eigenvalue weighted by Gasteiger charge is 2.31. The molecule has 256 valence electrons. The number of aliphatic hydroxyl groups excluding tert-OH is 1. The Bertz CT molecular complexity index is 1750. The number of nitrogens with zero attached hydrogens (tertiary/aromatic N) is 2. The molecule has 0 bridgehead atoms. The van der Waals surface area contributed by atoms with Gasteiger partial charge in [0, 0.05) is 48.6 Å². The zero-order valence-corrected chi connectivity index (χ0v) is 27.9. The topological polar surface area (TPSA) is 122 Å². The number of anilines is 2. The van der Waals surface area contributed by atoms with Crippen molar-refractivity contribution < 1.29 is 33.6 Å². The molecule has 0 saturated heterocycles. The van der Waals surface area contributed by atoms with Gasteiger partial charge in [0.25, 0.3) is 0 Å². The van der Waals surface area contributed by atoms with Crippen LogP contribution in [0, 0.1) is 5.92 Å². The van der Waals surface area contributed by atoms with Crippen LogP contribution >= 0.6 is 0 Å². The molecule has 0 spiro atoms. The monoisotopic (exact) mass is 666 g/mol. The Labute approximate surface area is 286 Å². The average molecular weight is 667 g/mol. The summed E-state index contributed by atoms with van der Waals surface area (Å²) >= 11 is 0. The number of amides is 3. The maximum absolute atomic E-state index is 13.6. The van der Waals surface area contributed by atoms with Crippen molar-refractivity contribution >= 4 is 23.3 Å². The summed E-state index contributed by atoms with van der Waals surface area (Å²) in [5.74, 6) is 3.17. The number of likely N-dealkylation sites (N-methyl/N-ethyl adjacent to an activating group) is 1. The first-order valence-electron chi connectivity index (χ1n) is 16.4. The fourth-order valence-electron chi connectivity index (χ4n) is 5.96. The molecule has 0 radical (unpaired) electrons. The van der Waals surface area contributed by atoms with Crippen molar-refractivity contribution in [3.05, 3.63) is 102 Å². The molecule has 2 aliphatic rings. The summed E-state index contributed by atoms with van der Waals surface area (Å²) in [5.41, 5.74) is 2.83. The van der Waals surface area contributed by atoms with Gasteiger partial charge in [-0.1, -0.05) is 37.3 Å². The molecule has 3 N–H and O–H groups in total. The van der Waals surface area contributed by atoms with Crippen LogP contribution in [-0.2, 0) is 17.8 Å². The summed E-state index contributed by atoms with van der Waals surface area (Å²) in [6.45, 7) is 5.61. The third-order valence-electron chi connectivity index (χ3n) is 8.65. The lowest BCUT2D eigenvalue weighted by Gasteiger charge is -2.34. The fraction of sp³-hybridized carbons (Fsp3) is 0.316. The van der Waals surface area contributed by atoms with Gasteiger partial charge in [-0.05, 0) is 74.1 Å². The molecule has 0 saturated carbocycles. The van der Waals surface area contributed by atoms with Crippen LogP contribution < -0.4 is 29.6 Å². The lowest BCUT2D eigenvalue weighted by Crippen LogP contribution is -2.47. The van der Waals surface area contributed by atoms with Crippen molar-refractivity contribution in [1.29, 1.82) is 0 Å². The largest absolute Gasteiger partial charge is 0.488 e. The first-order valence-corrected chi connectivity index (χ1v) is 16.4. The van der Waals surface area contributed by atoms with Gasteiger partial charge in [-0.25, -0.2) is 4.79 Å². The molecule has 4 aromatic rings. The maximum Gasteiger partial charge on any atom is 0.323 e. The van der Waals surface area contributed by atoms with E-state index in [-0.39, 0.29) is 43.8 Å². The van der Waals surface area contributed by atoms with Gasteiger partial charge >= 0.3 is 6.03 Å². The summed E-state index contributed by atoms with van der Waals surface area (Å²) < 4.78 is 23.4. The van der Waals surface area contributed by atoms with Crippen molar-refractivity contribution in [3.8, 4) is 28.7 Å². The van der Waals surface area contributed by atoms with Crippen molar-refractivity contribution in [2.24, 2.45) is 5.92 Å². The zero-order valence-electron chi connectivity index (χ0n) is 27.9. The number of urea groups is 1. The molecule has 11 heteroatoms. The third-order valence-corrected chi connectivity index (χ3v) is 8.65. The Morgan fingerprint density at radius 1 is 0.939 bits per heavy atom. The lowest BCUT2D eigenvalue weighted by atomic mass is 10.0. The number of hydrogen-bond acceptors (Lipinski definition) is 8. The number of nitrogens with one attached hydrogen (secondary N) is 2. The Hall–Kier alpha value is -5.26. The van der Waals surface area contributed by atoms with Crippen molar-refractivity contribution in [1.82, 2.24) is 9.80 Å². The van der Waals surface area contributed by atoms with E-state index >= 15 is 0 Å². The first-order chi connectivity index (χ1) is 23.7. The molecule has 0 fully saturated rings. The number of carbonyl (C=O) groups is 2. The molecular formula is C38H42N4O7. The van der Waals surface area contributed by atoms with Crippen LogP contribution in [0.1, 0.15) is 25.0 Å². The summed E-state index contributed by atoms with van der Waals surface area (Å²) in [6, 6.07) is 27.4. The van der Waals surface area contributed by atoms with E-state index in [0.29, 0.717) is 53.8 Å². The van der Waals surface area contributed by atoms with Gasteiger partial charge in [-0.2, -0.15) is 0 Å². The molecule has 0 unspecified atom stereocenters. The second kappa shape index (κ2) is 15.3. The van der Waals surface area contributed by atoms with Crippen LogP contribution in [-0.4, -0.2) is 72.5 Å². The molecule has 4 aromatic carbocycles. The van der Waals surface area contributed by atoms with Crippen molar-refractivity contribution in [2.75, 3.05) is 44.2 Å². The Balaban J connectivity index is 1.15. The second-order valence-electron chi connectivity index (χ2n) is 12.6. The van der Waals surface area contributed by atoms with Crippen molar-refractivity contribution in [3.63, 3.8) is 0 Å².